The highest BCUT2D eigenvalue weighted by atomic mass is 32.1. The van der Waals surface area contributed by atoms with Crippen LogP contribution in [0.3, 0.4) is 0 Å². The number of aliphatic carboxylic acids is 2. The lowest BCUT2D eigenvalue weighted by Gasteiger charge is -2.27. The SMILES string of the molecule is CC(C)C[C@H](NC(=O)CNC(=O)[C@H](CCCCN)NC(=O)[C@H](Cc1ccccc1)NC(=O)[C@H](CC(N)=O)NC(=O)[C@H](CCC(=O)O)NC(=O)[C@H](CC(N)=O)NC(=O)[C@@H](N)CS)C(=O)N[C@@H](CS)C(=O)O. The van der Waals surface area contributed by atoms with Crippen LogP contribution < -0.4 is 65.5 Å². The Morgan fingerprint density at radius 2 is 1.04 bits per heavy atom. The summed E-state index contributed by atoms with van der Waals surface area (Å²) < 4.78 is 0. The first kappa shape index (κ1) is 61.5. The first-order valence-electron chi connectivity index (χ1n) is 22.0. The highest BCUT2D eigenvalue weighted by molar-refractivity contribution is 7.80. The molecule has 0 aliphatic heterocycles. The molecule has 1 aromatic carbocycles. The minimum absolute atomic E-state index is 0.0170. The Morgan fingerprint density at radius 3 is 1.53 bits per heavy atom. The number of hydrogen-bond acceptors (Lipinski definition) is 16. The number of carboxylic acid groups (broad SMARTS) is 2. The molecule has 0 radical (unpaired) electrons. The van der Waals surface area contributed by atoms with Crippen molar-refractivity contribution >= 4 is 96.3 Å². The minimum atomic E-state index is -1.87. The molecule has 8 atom stereocenters. The van der Waals surface area contributed by atoms with Crippen molar-refractivity contribution in [1.82, 2.24) is 42.5 Å². The number of carbonyl (C=O) groups excluding carboxylic acids is 10. The molecule has 0 unspecified atom stereocenters. The van der Waals surface area contributed by atoms with Crippen molar-refractivity contribution in [2.24, 2.45) is 28.9 Å². The minimum Gasteiger partial charge on any atom is -0.481 e. The molecule has 10 amide bonds. The molecule has 0 saturated carbocycles. The standard InChI is InChI=1S/C42H66N12O14S2/c1-21(2)14-26(38(63)54-30(20-70)42(67)68)48-33(57)18-47-36(61)24(10-6-7-13-43)49-39(64)27(15-22-8-4-3-5-9-22)52-41(66)29(17-32(46)56)53-37(62)25(11-12-34(58)59)50-40(65)28(16-31(45)55)51-35(60)23(44)19-69/h3-5,8-9,21,23-30,69-70H,6-7,10-20,43-44H2,1-2H3,(H2,45,55)(H2,46,56)(H,47,61)(H,48,57)(H,49,64)(H,50,65)(H,51,60)(H,52,66)(H,53,62)(H,54,63)(H,58,59)(H,67,68)/t23-,24-,25-,26-,27-,28-,29-,30-/m0/s1. The summed E-state index contributed by atoms with van der Waals surface area (Å²) in [4.78, 5) is 154. The molecule has 0 bridgehead atoms. The summed E-state index contributed by atoms with van der Waals surface area (Å²) in [6.07, 6.45) is -2.44. The lowest BCUT2D eigenvalue weighted by molar-refractivity contribution is -0.141. The number of rotatable bonds is 34. The van der Waals surface area contributed by atoms with E-state index in [9.17, 15) is 67.7 Å². The molecule has 0 spiro atoms. The van der Waals surface area contributed by atoms with Gasteiger partial charge >= 0.3 is 11.9 Å². The number of hydrogen-bond donors (Lipinski definition) is 16. The third-order valence-corrected chi connectivity index (χ3v) is 10.7. The second kappa shape index (κ2) is 32.3. The zero-order chi connectivity index (χ0) is 53.1. The Bertz CT molecular complexity index is 2000. The maximum atomic E-state index is 14.1. The van der Waals surface area contributed by atoms with Gasteiger partial charge in [0.1, 0.15) is 42.3 Å². The molecular weight excluding hydrogens is 961 g/mol. The molecule has 70 heavy (non-hydrogen) atoms. The average molecular weight is 1030 g/mol. The van der Waals surface area contributed by atoms with E-state index >= 15 is 0 Å². The van der Waals surface area contributed by atoms with Crippen LogP contribution in [0.4, 0.5) is 0 Å². The largest absolute Gasteiger partial charge is 0.481 e. The Hall–Kier alpha value is -6.52. The number of nitrogens with one attached hydrogen (secondary N) is 8. The van der Waals surface area contributed by atoms with E-state index in [0.717, 1.165) is 0 Å². The van der Waals surface area contributed by atoms with E-state index in [4.69, 9.17) is 22.9 Å². The fraction of sp³-hybridized carbons (Fsp3) is 0.571. The number of benzene rings is 1. The molecule has 0 fully saturated rings. The molecule has 0 aromatic heterocycles. The van der Waals surface area contributed by atoms with Crippen molar-refractivity contribution in [3.8, 4) is 0 Å². The van der Waals surface area contributed by atoms with Gasteiger partial charge in [-0.3, -0.25) is 52.7 Å². The van der Waals surface area contributed by atoms with Crippen molar-refractivity contribution < 1.29 is 67.7 Å². The summed E-state index contributed by atoms with van der Waals surface area (Å²) >= 11 is 7.85. The topological polar surface area (TPSA) is 446 Å². The molecule has 1 aromatic rings. The summed E-state index contributed by atoms with van der Waals surface area (Å²) in [5, 5.41) is 37.6. The van der Waals surface area contributed by atoms with E-state index in [-0.39, 0.29) is 43.2 Å². The fourth-order valence-corrected chi connectivity index (χ4v) is 6.74. The summed E-state index contributed by atoms with van der Waals surface area (Å²) in [6.45, 7) is 3.06. The predicted molar refractivity (Wildman–Crippen MR) is 257 cm³/mol. The van der Waals surface area contributed by atoms with Crippen LogP contribution in [0.5, 0.6) is 0 Å². The molecule has 0 heterocycles. The maximum absolute atomic E-state index is 14.1. The lowest BCUT2D eigenvalue weighted by atomic mass is 10.0. The molecule has 28 heteroatoms. The van der Waals surface area contributed by atoms with Gasteiger partial charge < -0.3 is 75.7 Å². The zero-order valence-electron chi connectivity index (χ0n) is 38.8. The average Bonchev–Trinajstić information content (AvgIpc) is 3.29. The van der Waals surface area contributed by atoms with Crippen LogP contribution in [0.25, 0.3) is 0 Å². The second-order valence-electron chi connectivity index (χ2n) is 16.4. The van der Waals surface area contributed by atoms with Gasteiger partial charge in [0.25, 0.3) is 0 Å². The van der Waals surface area contributed by atoms with Crippen molar-refractivity contribution in [2.45, 2.75) is 120 Å². The Labute approximate surface area is 414 Å². The predicted octanol–water partition coefficient (Wildman–Crippen LogP) is -5.20. The number of thiol groups is 2. The first-order chi connectivity index (χ1) is 32.9. The van der Waals surface area contributed by atoms with Crippen LogP contribution in [0.2, 0.25) is 0 Å². The van der Waals surface area contributed by atoms with E-state index in [1.807, 2.05) is 0 Å². The number of amides is 10. The Kier molecular flexibility index (Phi) is 28.4. The van der Waals surface area contributed by atoms with Crippen LogP contribution >= 0.6 is 25.3 Å². The molecule has 0 aliphatic carbocycles. The van der Waals surface area contributed by atoms with Gasteiger partial charge in [0.2, 0.25) is 59.1 Å². The van der Waals surface area contributed by atoms with Crippen LogP contribution in [0.1, 0.15) is 70.8 Å². The van der Waals surface area contributed by atoms with Crippen LogP contribution in [-0.4, -0.2) is 154 Å². The molecule has 0 saturated heterocycles. The van der Waals surface area contributed by atoms with Crippen LogP contribution in [-0.2, 0) is 64.0 Å². The summed E-state index contributed by atoms with van der Waals surface area (Å²) in [5.74, 6) is -13.4. The third kappa shape index (κ3) is 24.2. The van der Waals surface area contributed by atoms with E-state index in [2.05, 4.69) is 67.8 Å². The van der Waals surface area contributed by atoms with Gasteiger partial charge in [-0.2, -0.15) is 25.3 Å². The zero-order valence-corrected chi connectivity index (χ0v) is 40.6. The summed E-state index contributed by atoms with van der Waals surface area (Å²) in [5.41, 5.74) is 22.5. The van der Waals surface area contributed by atoms with Gasteiger partial charge in [-0.1, -0.05) is 44.2 Å². The summed E-state index contributed by atoms with van der Waals surface area (Å²) in [6, 6.07) is -3.82. The molecular formula is C42H66N12O14S2. The fourth-order valence-electron chi connectivity index (χ4n) is 6.33. The highest BCUT2D eigenvalue weighted by Crippen LogP contribution is 2.10. The number of nitrogens with two attached hydrogens (primary N) is 4. The first-order valence-corrected chi connectivity index (χ1v) is 23.3. The quantitative estimate of drug-likeness (QED) is 0.0227. The van der Waals surface area contributed by atoms with Crippen molar-refractivity contribution in [1.29, 1.82) is 0 Å². The molecule has 18 N–H and O–H groups in total. The Balaban J connectivity index is 3.46. The summed E-state index contributed by atoms with van der Waals surface area (Å²) in [7, 11) is 0. The molecule has 0 aliphatic rings. The van der Waals surface area contributed by atoms with Gasteiger partial charge in [-0.15, -0.1) is 0 Å². The van der Waals surface area contributed by atoms with Crippen LogP contribution in [0.15, 0.2) is 30.3 Å². The van der Waals surface area contributed by atoms with E-state index < -0.39 is 152 Å². The van der Waals surface area contributed by atoms with Crippen LogP contribution in [0, 0.1) is 5.92 Å². The third-order valence-electron chi connectivity index (χ3n) is 9.96. The second-order valence-corrected chi connectivity index (χ2v) is 17.1. The van der Waals surface area contributed by atoms with E-state index in [1.165, 1.54) is 0 Å². The van der Waals surface area contributed by atoms with Gasteiger partial charge in [0.15, 0.2) is 0 Å². The molecule has 390 valence electrons. The van der Waals surface area contributed by atoms with Gasteiger partial charge in [-0.05, 0) is 50.1 Å². The van der Waals surface area contributed by atoms with Crippen molar-refractivity contribution in [3.05, 3.63) is 35.9 Å². The number of carboxylic acids is 2. The van der Waals surface area contributed by atoms with E-state index in [1.54, 1.807) is 44.2 Å². The van der Waals surface area contributed by atoms with Crippen molar-refractivity contribution in [2.75, 3.05) is 24.6 Å². The number of primary amides is 2. The Morgan fingerprint density at radius 1 is 0.571 bits per heavy atom. The van der Waals surface area contributed by atoms with Gasteiger partial charge in [0.05, 0.1) is 25.4 Å². The van der Waals surface area contributed by atoms with Crippen molar-refractivity contribution in [3.63, 3.8) is 0 Å². The van der Waals surface area contributed by atoms with Gasteiger partial charge in [-0.25, -0.2) is 4.79 Å². The molecule has 1 rings (SSSR count). The monoisotopic (exact) mass is 1030 g/mol. The maximum Gasteiger partial charge on any atom is 0.327 e. The normalized spacial score (nSPS) is 14.3. The lowest BCUT2D eigenvalue weighted by Crippen LogP contribution is -2.60. The number of unbranched alkanes of at least 4 members (excludes halogenated alkanes) is 1. The van der Waals surface area contributed by atoms with Gasteiger partial charge in [0, 0.05) is 24.3 Å². The van der Waals surface area contributed by atoms with E-state index in [0.29, 0.717) is 18.4 Å². The smallest absolute Gasteiger partial charge is 0.327 e. The number of carbonyl (C=O) groups is 12. The highest BCUT2D eigenvalue weighted by Gasteiger charge is 2.35. The molecule has 26 nitrogen and oxygen atoms in total.